The van der Waals surface area contributed by atoms with Crippen LogP contribution < -0.4 is 19.7 Å². The molecule has 3 aromatic carbocycles. The van der Waals surface area contributed by atoms with E-state index >= 15 is 0 Å². The molecule has 2 aliphatic rings. The fraction of sp³-hybridized carbons (Fsp3) is 0.394. The maximum absolute atomic E-state index is 13.8. The van der Waals surface area contributed by atoms with E-state index < -0.39 is 0 Å². The van der Waals surface area contributed by atoms with Crippen molar-refractivity contribution in [2.45, 2.75) is 25.9 Å². The van der Waals surface area contributed by atoms with Gasteiger partial charge in [0.2, 0.25) is 0 Å². The fourth-order valence-corrected chi connectivity index (χ4v) is 5.83. The number of rotatable bonds is 9. The number of carbonyl (C=O) groups is 1. The molecule has 6 rings (SSSR count). The number of methoxy groups -OCH3 is 1. The van der Waals surface area contributed by atoms with Gasteiger partial charge in [0.05, 0.1) is 12.6 Å². The highest BCUT2D eigenvalue weighted by atomic mass is 16.5. The Bertz CT molecular complexity index is 1520. The van der Waals surface area contributed by atoms with Gasteiger partial charge in [-0.05, 0) is 80.3 Å². The summed E-state index contributed by atoms with van der Waals surface area (Å²) in [4.78, 5) is 18.5. The van der Waals surface area contributed by atoms with Crippen LogP contribution in [0.3, 0.4) is 0 Å². The predicted molar refractivity (Wildman–Crippen MR) is 165 cm³/mol. The first-order valence-corrected chi connectivity index (χ1v) is 14.8. The smallest absolute Gasteiger partial charge is 0.257 e. The summed E-state index contributed by atoms with van der Waals surface area (Å²) in [5.41, 5.74) is 4.74. The molecule has 2 saturated heterocycles. The molecule has 3 heterocycles. The highest BCUT2D eigenvalue weighted by Gasteiger charge is 2.22. The summed E-state index contributed by atoms with van der Waals surface area (Å²) < 4.78 is 17.1. The fourth-order valence-electron chi connectivity index (χ4n) is 5.83. The van der Waals surface area contributed by atoms with Crippen molar-refractivity contribution in [1.29, 1.82) is 0 Å². The number of hydrogen-bond acceptors (Lipinski definition) is 7. The van der Waals surface area contributed by atoms with Crippen LogP contribution in [0.2, 0.25) is 0 Å². The lowest BCUT2D eigenvalue weighted by molar-refractivity contribution is 0.0664. The van der Waals surface area contributed by atoms with Crippen LogP contribution in [0.5, 0.6) is 11.5 Å². The summed E-state index contributed by atoms with van der Waals surface area (Å²) in [5, 5.41) is 11.3. The van der Waals surface area contributed by atoms with Crippen LogP contribution in [0, 0.1) is 5.92 Å². The Morgan fingerprint density at radius 2 is 1.83 bits per heavy atom. The molecule has 9 nitrogen and oxygen atoms in total. The number of nitrogens with one attached hydrogen (secondary N) is 2. The van der Waals surface area contributed by atoms with Crippen molar-refractivity contribution in [2.75, 3.05) is 63.8 Å². The zero-order valence-corrected chi connectivity index (χ0v) is 24.4. The second kappa shape index (κ2) is 12.8. The lowest BCUT2D eigenvalue weighted by Crippen LogP contribution is -2.44. The number of hydrogen-bond donors (Lipinski definition) is 2. The number of ether oxygens (including phenoxy) is 3. The van der Waals surface area contributed by atoms with Gasteiger partial charge in [-0.25, -0.2) is 0 Å². The standard InChI is InChI=1S/C33H39N5O4/c1-37-13-15-38(16-14-37)26-7-9-28(25(20-26)19-23-11-17-41-18-12-23)33(39)34-32-29-21-27(8-10-30(29)35-36-32)42-22-24-5-3-4-6-31(24)40-2/h3-10,20-21,23H,11-19,22H2,1-2H3,(H2,34,35,36,39). The molecule has 0 saturated carbocycles. The minimum Gasteiger partial charge on any atom is -0.496 e. The van der Waals surface area contributed by atoms with Crippen LogP contribution in [0.15, 0.2) is 60.7 Å². The van der Waals surface area contributed by atoms with Gasteiger partial charge in [-0.3, -0.25) is 9.89 Å². The summed E-state index contributed by atoms with van der Waals surface area (Å²) in [6.07, 6.45) is 2.89. The minimum atomic E-state index is -0.157. The van der Waals surface area contributed by atoms with Crippen molar-refractivity contribution >= 4 is 28.3 Å². The number of H-pyrrole nitrogens is 1. The average molecular weight is 570 g/mol. The highest BCUT2D eigenvalue weighted by Crippen LogP contribution is 2.30. The molecule has 1 amide bonds. The molecule has 2 N–H and O–H groups in total. The number of amides is 1. The van der Waals surface area contributed by atoms with E-state index in [-0.39, 0.29) is 5.91 Å². The van der Waals surface area contributed by atoms with E-state index in [4.69, 9.17) is 14.2 Å². The molecule has 2 fully saturated rings. The van der Waals surface area contributed by atoms with Gasteiger partial charge in [-0.15, -0.1) is 0 Å². The summed E-state index contributed by atoms with van der Waals surface area (Å²) in [6.45, 7) is 5.97. The van der Waals surface area contributed by atoms with Crippen LogP contribution in [-0.4, -0.2) is 74.6 Å². The zero-order chi connectivity index (χ0) is 28.9. The van der Waals surface area contributed by atoms with Gasteiger partial charge in [-0.1, -0.05) is 18.2 Å². The normalized spacial score (nSPS) is 16.5. The first-order chi connectivity index (χ1) is 20.6. The van der Waals surface area contributed by atoms with Crippen LogP contribution in [-0.2, 0) is 17.8 Å². The van der Waals surface area contributed by atoms with Crippen LogP contribution in [0.25, 0.3) is 10.9 Å². The van der Waals surface area contributed by atoms with Crippen molar-refractivity contribution in [2.24, 2.45) is 5.92 Å². The SMILES string of the molecule is COc1ccccc1COc1ccc2[nH]nc(NC(=O)c3ccc(N4CCN(C)CC4)cc3CC3CCOCC3)c2c1. The molecule has 2 aliphatic heterocycles. The predicted octanol–water partition coefficient (Wildman–Crippen LogP) is 5.12. The van der Waals surface area contributed by atoms with E-state index in [0.717, 1.165) is 86.4 Å². The third-order valence-electron chi connectivity index (χ3n) is 8.40. The molecule has 42 heavy (non-hydrogen) atoms. The number of carbonyl (C=O) groups excluding carboxylic acids is 1. The molecular formula is C33H39N5O4. The topological polar surface area (TPSA) is 92.0 Å². The molecule has 0 aliphatic carbocycles. The Balaban J connectivity index is 1.22. The Labute approximate surface area is 246 Å². The van der Waals surface area contributed by atoms with E-state index in [1.165, 1.54) is 5.69 Å². The molecule has 0 radical (unpaired) electrons. The Kier molecular flexibility index (Phi) is 8.58. The van der Waals surface area contributed by atoms with Gasteiger partial charge in [-0.2, -0.15) is 5.10 Å². The number of aromatic nitrogens is 2. The van der Waals surface area contributed by atoms with Crippen molar-refractivity contribution in [1.82, 2.24) is 15.1 Å². The number of piperazine rings is 1. The quantitative estimate of drug-likeness (QED) is 0.289. The first-order valence-electron chi connectivity index (χ1n) is 14.8. The van der Waals surface area contributed by atoms with Gasteiger partial charge in [0.1, 0.15) is 18.1 Å². The van der Waals surface area contributed by atoms with Crippen molar-refractivity contribution in [3.63, 3.8) is 0 Å². The minimum absolute atomic E-state index is 0.157. The maximum atomic E-state index is 13.8. The van der Waals surface area contributed by atoms with Crippen LogP contribution in [0.4, 0.5) is 11.5 Å². The van der Waals surface area contributed by atoms with Gasteiger partial charge in [0, 0.05) is 61.6 Å². The lowest BCUT2D eigenvalue weighted by atomic mass is 9.89. The average Bonchev–Trinajstić information content (AvgIpc) is 3.42. The van der Waals surface area contributed by atoms with Crippen molar-refractivity contribution < 1.29 is 19.0 Å². The summed E-state index contributed by atoms with van der Waals surface area (Å²) in [6, 6.07) is 19.8. The molecule has 0 bridgehead atoms. The third kappa shape index (κ3) is 6.37. The second-order valence-corrected chi connectivity index (χ2v) is 11.2. The molecule has 220 valence electrons. The summed E-state index contributed by atoms with van der Waals surface area (Å²) in [5.74, 6) is 2.29. The number of anilines is 2. The van der Waals surface area contributed by atoms with Crippen molar-refractivity contribution in [3.8, 4) is 11.5 Å². The van der Waals surface area contributed by atoms with E-state index in [9.17, 15) is 4.79 Å². The number of fused-ring (bicyclic) bond motifs is 1. The Morgan fingerprint density at radius 3 is 2.64 bits per heavy atom. The van der Waals surface area contributed by atoms with E-state index in [2.05, 4.69) is 44.5 Å². The molecule has 1 aromatic heterocycles. The van der Waals surface area contributed by atoms with Gasteiger partial charge in [0.25, 0.3) is 5.91 Å². The molecule has 9 heteroatoms. The molecule has 0 atom stereocenters. The van der Waals surface area contributed by atoms with E-state index in [1.54, 1.807) is 7.11 Å². The number of benzene rings is 3. The largest absolute Gasteiger partial charge is 0.496 e. The Morgan fingerprint density at radius 1 is 1.02 bits per heavy atom. The van der Waals surface area contributed by atoms with E-state index in [0.29, 0.717) is 29.7 Å². The lowest BCUT2D eigenvalue weighted by Gasteiger charge is -2.34. The number of para-hydroxylation sites is 1. The summed E-state index contributed by atoms with van der Waals surface area (Å²) in [7, 11) is 3.82. The number of likely N-dealkylation sites (N-methyl/N-ethyl adjacent to an activating group) is 1. The van der Waals surface area contributed by atoms with Gasteiger partial charge >= 0.3 is 0 Å². The van der Waals surface area contributed by atoms with Gasteiger partial charge in [0.15, 0.2) is 5.82 Å². The summed E-state index contributed by atoms with van der Waals surface area (Å²) >= 11 is 0. The molecule has 0 spiro atoms. The van der Waals surface area contributed by atoms with Gasteiger partial charge < -0.3 is 29.3 Å². The highest BCUT2D eigenvalue weighted by molar-refractivity contribution is 6.09. The van der Waals surface area contributed by atoms with Crippen LogP contribution in [0.1, 0.15) is 34.3 Å². The Hall–Kier alpha value is -4.08. The van der Waals surface area contributed by atoms with Crippen LogP contribution >= 0.6 is 0 Å². The zero-order valence-electron chi connectivity index (χ0n) is 24.4. The third-order valence-corrected chi connectivity index (χ3v) is 8.40. The molecular weight excluding hydrogens is 530 g/mol. The molecule has 0 unspecified atom stereocenters. The van der Waals surface area contributed by atoms with Crippen molar-refractivity contribution in [3.05, 3.63) is 77.4 Å². The number of nitrogens with zero attached hydrogens (tertiary/aromatic N) is 3. The second-order valence-electron chi connectivity index (χ2n) is 11.2. The first kappa shape index (κ1) is 28.1. The maximum Gasteiger partial charge on any atom is 0.257 e. The number of aromatic amines is 1. The monoisotopic (exact) mass is 569 g/mol. The van der Waals surface area contributed by atoms with E-state index in [1.807, 2.05) is 48.5 Å². The molecule has 4 aromatic rings.